The van der Waals surface area contributed by atoms with Crippen molar-refractivity contribution in [1.29, 1.82) is 0 Å². The van der Waals surface area contributed by atoms with E-state index in [0.29, 0.717) is 17.0 Å². The third-order valence-corrected chi connectivity index (χ3v) is 7.40. The molecule has 2 amide bonds. The van der Waals surface area contributed by atoms with Gasteiger partial charge >= 0.3 is 17.9 Å². The Balaban J connectivity index is 1.72. The number of hydrogen-bond acceptors (Lipinski definition) is 10. The first kappa shape index (κ1) is 29.5. The first-order valence-corrected chi connectivity index (χ1v) is 13.3. The molecule has 206 valence electrons. The van der Waals surface area contributed by atoms with E-state index in [4.69, 9.17) is 31.5 Å². The van der Waals surface area contributed by atoms with Crippen LogP contribution in [0.4, 0.5) is 0 Å². The normalized spacial score (nSPS) is 19.6. The van der Waals surface area contributed by atoms with Gasteiger partial charge < -0.3 is 25.3 Å². The van der Waals surface area contributed by atoms with E-state index in [1.165, 1.54) is 23.6 Å². The van der Waals surface area contributed by atoms with E-state index >= 15 is 0 Å². The highest BCUT2D eigenvalue weighted by molar-refractivity contribution is 8.00. The van der Waals surface area contributed by atoms with Gasteiger partial charge in [0.1, 0.15) is 29.8 Å². The Kier molecular flexibility index (Phi) is 9.45. The summed E-state index contributed by atoms with van der Waals surface area (Å²) in [6.07, 6.45) is 0. The summed E-state index contributed by atoms with van der Waals surface area (Å²) in [5.74, 6) is -2.63. The molecule has 11 nitrogen and oxygen atoms in total. The molecule has 3 rings (SSSR count). The van der Waals surface area contributed by atoms with E-state index < -0.39 is 59.4 Å². The Labute approximate surface area is 229 Å². The lowest BCUT2D eigenvalue weighted by molar-refractivity contribution is -0.173. The van der Waals surface area contributed by atoms with Crippen LogP contribution in [-0.2, 0) is 44.1 Å². The predicted molar refractivity (Wildman–Crippen MR) is 138 cm³/mol. The third kappa shape index (κ3) is 6.66. The highest BCUT2D eigenvalue weighted by Gasteiger charge is 2.54. The molecule has 0 radical (unpaired) electrons. The molecule has 2 aliphatic rings. The topological polar surface area (TPSA) is 154 Å². The summed E-state index contributed by atoms with van der Waals surface area (Å²) in [5.41, 5.74) is 6.95. The molecule has 0 aliphatic carbocycles. The summed E-state index contributed by atoms with van der Waals surface area (Å²) in [5, 5.41) is 2.05. The number of halogens is 1. The number of ether oxygens (including phenoxy) is 3. The number of thioether (sulfide) groups is 1. The summed E-state index contributed by atoms with van der Waals surface area (Å²) in [6.45, 7) is 5.27. The maximum Gasteiger partial charge on any atom is 0.358 e. The van der Waals surface area contributed by atoms with Crippen molar-refractivity contribution < 1.29 is 38.2 Å². The molecule has 1 aromatic carbocycles. The number of carbonyl (C=O) groups excluding carboxylic acids is 5. The second kappa shape index (κ2) is 12.2. The van der Waals surface area contributed by atoms with Gasteiger partial charge in [-0.3, -0.25) is 24.1 Å². The Morgan fingerprint density at radius 3 is 2.39 bits per heavy atom. The fourth-order valence-electron chi connectivity index (χ4n) is 3.60. The number of nitrogens with two attached hydrogens (primary N) is 1. The van der Waals surface area contributed by atoms with Crippen molar-refractivity contribution in [3.8, 4) is 0 Å². The number of nitrogens with one attached hydrogen (secondary N) is 1. The second-order valence-electron chi connectivity index (χ2n) is 9.71. The number of alkyl halides is 1. The zero-order valence-electron chi connectivity index (χ0n) is 21.4. The molecule has 1 saturated heterocycles. The van der Waals surface area contributed by atoms with E-state index in [2.05, 4.69) is 5.32 Å². The van der Waals surface area contributed by atoms with Gasteiger partial charge in [0.2, 0.25) is 12.7 Å². The number of β-lactam (4-membered cyclic amide) rings is 1. The van der Waals surface area contributed by atoms with Gasteiger partial charge in [0.25, 0.3) is 5.91 Å². The Morgan fingerprint density at radius 2 is 1.82 bits per heavy atom. The molecular formula is C25H30ClN3O8S. The van der Waals surface area contributed by atoms with Crippen molar-refractivity contribution in [2.45, 2.75) is 51.0 Å². The van der Waals surface area contributed by atoms with E-state index in [-0.39, 0.29) is 18.1 Å². The van der Waals surface area contributed by atoms with E-state index in [1.807, 2.05) is 0 Å². The van der Waals surface area contributed by atoms with Gasteiger partial charge in [-0.05, 0) is 31.9 Å². The minimum absolute atomic E-state index is 0.113. The lowest BCUT2D eigenvalue weighted by atomic mass is 9.98. The van der Waals surface area contributed by atoms with Crippen LogP contribution < -0.4 is 11.1 Å². The molecule has 1 fully saturated rings. The maximum atomic E-state index is 13.1. The largest absolute Gasteiger partial charge is 0.461 e. The molecule has 3 atom stereocenters. The molecular weight excluding hydrogens is 538 g/mol. The van der Waals surface area contributed by atoms with Gasteiger partial charge in [0.15, 0.2) is 0 Å². The van der Waals surface area contributed by atoms with Crippen molar-refractivity contribution in [2.24, 2.45) is 11.1 Å². The molecule has 2 heterocycles. The lowest BCUT2D eigenvalue weighted by Crippen LogP contribution is -2.71. The molecule has 0 saturated carbocycles. The highest BCUT2D eigenvalue weighted by atomic mass is 35.5. The molecule has 0 spiro atoms. The van der Waals surface area contributed by atoms with Gasteiger partial charge in [-0.15, -0.1) is 23.4 Å². The highest BCUT2D eigenvalue weighted by Crippen LogP contribution is 2.41. The van der Waals surface area contributed by atoms with Crippen LogP contribution in [0.1, 0.15) is 44.9 Å². The number of esters is 3. The molecule has 0 aromatic heterocycles. The first-order valence-electron chi connectivity index (χ1n) is 11.7. The molecule has 38 heavy (non-hydrogen) atoms. The monoisotopic (exact) mass is 567 g/mol. The van der Waals surface area contributed by atoms with Gasteiger partial charge in [0.05, 0.1) is 5.41 Å². The van der Waals surface area contributed by atoms with Crippen LogP contribution in [0.5, 0.6) is 0 Å². The van der Waals surface area contributed by atoms with Crippen molar-refractivity contribution in [3.63, 3.8) is 0 Å². The summed E-state index contributed by atoms with van der Waals surface area (Å²) in [7, 11) is 0. The van der Waals surface area contributed by atoms with Crippen LogP contribution in [-0.4, -0.2) is 65.2 Å². The Hall–Kier alpha value is -3.09. The van der Waals surface area contributed by atoms with Crippen molar-refractivity contribution >= 4 is 53.1 Å². The molecule has 1 aromatic rings. The fourth-order valence-corrected chi connectivity index (χ4v) is 5.11. The van der Waals surface area contributed by atoms with E-state index in [1.54, 1.807) is 45.0 Å². The van der Waals surface area contributed by atoms with Crippen LogP contribution in [0, 0.1) is 5.41 Å². The number of carbonyl (C=O) groups is 5. The minimum atomic E-state index is -1.02. The number of nitrogens with zero attached hydrogens (tertiary/aromatic N) is 1. The summed E-state index contributed by atoms with van der Waals surface area (Å²) in [6, 6.07) is 4.95. The zero-order valence-corrected chi connectivity index (χ0v) is 23.0. The van der Waals surface area contributed by atoms with E-state index in [9.17, 15) is 24.0 Å². The number of hydrogen-bond donors (Lipinski definition) is 2. The SMILES string of the molecule is CC(=O)OCC1=C(C(=O)OCOC(=O)C(C)(C)C)N2C(=O)C(NC(=O)C(N)c3ccc(CCl)cc3)C2SC1. The minimum Gasteiger partial charge on any atom is -0.461 e. The number of amides is 2. The van der Waals surface area contributed by atoms with Crippen LogP contribution in [0.2, 0.25) is 0 Å². The average Bonchev–Trinajstić information content (AvgIpc) is 2.88. The van der Waals surface area contributed by atoms with Gasteiger partial charge in [-0.2, -0.15) is 0 Å². The number of rotatable bonds is 9. The molecule has 3 N–H and O–H groups in total. The van der Waals surface area contributed by atoms with Crippen LogP contribution >= 0.6 is 23.4 Å². The summed E-state index contributed by atoms with van der Waals surface area (Å²) >= 11 is 7.08. The smallest absolute Gasteiger partial charge is 0.358 e. The van der Waals surface area contributed by atoms with Crippen LogP contribution in [0.3, 0.4) is 0 Å². The predicted octanol–water partition coefficient (Wildman–Crippen LogP) is 1.73. The van der Waals surface area contributed by atoms with Gasteiger partial charge in [-0.25, -0.2) is 4.79 Å². The summed E-state index contributed by atoms with van der Waals surface area (Å²) < 4.78 is 15.1. The first-order chi connectivity index (χ1) is 17.8. The fraction of sp³-hybridized carbons (Fsp3) is 0.480. The molecule has 0 bridgehead atoms. The Bertz CT molecular complexity index is 1150. The van der Waals surface area contributed by atoms with E-state index in [0.717, 1.165) is 5.56 Å². The maximum absolute atomic E-state index is 13.1. The van der Waals surface area contributed by atoms with Gasteiger partial charge in [0, 0.05) is 24.1 Å². The molecule has 13 heteroatoms. The summed E-state index contributed by atoms with van der Waals surface area (Å²) in [4.78, 5) is 63.4. The lowest BCUT2D eigenvalue weighted by Gasteiger charge is -2.49. The average molecular weight is 568 g/mol. The molecule has 2 aliphatic heterocycles. The second-order valence-corrected chi connectivity index (χ2v) is 11.1. The van der Waals surface area contributed by atoms with Crippen LogP contribution in [0.15, 0.2) is 35.5 Å². The third-order valence-electron chi connectivity index (χ3n) is 5.76. The zero-order chi connectivity index (χ0) is 28.2. The van der Waals surface area contributed by atoms with Crippen molar-refractivity contribution in [3.05, 3.63) is 46.7 Å². The quantitative estimate of drug-likeness (QED) is 0.195. The van der Waals surface area contributed by atoms with Gasteiger partial charge in [-0.1, -0.05) is 24.3 Å². The standard InChI is InChI=1S/C25H30ClN3O8S/c1-13(30)35-10-16-11-38-22-18(28-20(31)17(27)15-7-5-14(9-26)6-8-15)21(32)29(22)19(16)23(33)36-12-37-24(34)25(2,3)4/h5-8,17-18,22H,9-12,27H2,1-4H3,(H,28,31). The Morgan fingerprint density at radius 1 is 1.16 bits per heavy atom. The van der Waals surface area contributed by atoms with Crippen molar-refractivity contribution in [2.75, 3.05) is 19.2 Å². The van der Waals surface area contributed by atoms with Crippen LogP contribution in [0.25, 0.3) is 0 Å². The van der Waals surface area contributed by atoms with Crippen molar-refractivity contribution in [1.82, 2.24) is 10.2 Å². The number of benzene rings is 1. The number of fused-ring (bicyclic) bond motifs is 1. The molecule has 3 unspecified atom stereocenters.